The van der Waals surface area contributed by atoms with Gasteiger partial charge in [0, 0.05) is 19.8 Å². The van der Waals surface area contributed by atoms with Crippen molar-refractivity contribution in [2.45, 2.75) is 84.7 Å². The Balaban J connectivity index is 1.54. The maximum atomic E-state index is 12.1. The van der Waals surface area contributed by atoms with Crippen molar-refractivity contribution in [1.29, 1.82) is 0 Å². The number of hydrogen-bond acceptors (Lipinski definition) is 3. The normalized spacial score (nSPS) is 50.6. The predicted octanol–water partition coefficient (Wildman–Crippen LogP) is 4.53. The Bertz CT molecular complexity index is 555. The van der Waals surface area contributed by atoms with Gasteiger partial charge in [-0.15, -0.1) is 0 Å². The number of ether oxygens (including phenoxy) is 1. The van der Waals surface area contributed by atoms with E-state index in [1.54, 1.807) is 0 Å². The molecule has 134 valence electrons. The highest BCUT2D eigenvalue weighted by Crippen LogP contribution is 2.65. The monoisotopic (exact) mass is 332 g/mol. The van der Waals surface area contributed by atoms with E-state index in [4.69, 9.17) is 4.74 Å². The molecule has 0 N–H and O–H groups in total. The molecule has 0 bridgehead atoms. The number of ketones is 1. The van der Waals surface area contributed by atoms with Gasteiger partial charge in [0.1, 0.15) is 11.9 Å². The van der Waals surface area contributed by atoms with Crippen molar-refractivity contribution in [3.63, 3.8) is 0 Å². The lowest BCUT2D eigenvalue weighted by atomic mass is 9.45. The van der Waals surface area contributed by atoms with Crippen LogP contribution in [0.2, 0.25) is 0 Å². The predicted molar refractivity (Wildman–Crippen MR) is 92.3 cm³/mol. The number of fused-ring (bicyclic) bond motifs is 5. The van der Waals surface area contributed by atoms with Crippen molar-refractivity contribution in [2.75, 3.05) is 0 Å². The van der Waals surface area contributed by atoms with Crippen LogP contribution >= 0.6 is 0 Å². The van der Waals surface area contributed by atoms with E-state index in [-0.39, 0.29) is 17.5 Å². The van der Waals surface area contributed by atoms with E-state index in [0.717, 1.165) is 37.5 Å². The highest BCUT2D eigenvalue weighted by atomic mass is 16.5. The molecule has 4 fully saturated rings. The number of Topliss-reactive ketones (excluding diaryl/α,β-unsaturated/α-hetero) is 1. The van der Waals surface area contributed by atoms with Crippen LogP contribution in [0.15, 0.2) is 0 Å². The molecule has 0 unspecified atom stereocenters. The Morgan fingerprint density at radius 3 is 2.62 bits per heavy atom. The van der Waals surface area contributed by atoms with Crippen LogP contribution in [0.5, 0.6) is 0 Å². The van der Waals surface area contributed by atoms with Crippen LogP contribution < -0.4 is 0 Å². The molecule has 0 aliphatic heterocycles. The van der Waals surface area contributed by atoms with Crippen LogP contribution in [-0.4, -0.2) is 17.9 Å². The first kappa shape index (κ1) is 16.6. The molecular weight excluding hydrogens is 300 g/mol. The van der Waals surface area contributed by atoms with Gasteiger partial charge in [-0.1, -0.05) is 13.8 Å². The molecule has 0 spiro atoms. The standard InChI is InChI=1S/C21H32O3/c1-13(22)24-16-6-9-21(3)14(10-16)4-5-17-18(21)7-8-20(2)12-15(23)11-19(17)20/h14,16-19H,4-12H2,1-3H3/t14-,16+,17+,18+,19-,20+,21-/m0/s1. The number of hydrogen-bond donors (Lipinski definition) is 0. The van der Waals surface area contributed by atoms with E-state index < -0.39 is 0 Å². The Labute approximate surface area is 145 Å². The van der Waals surface area contributed by atoms with Crippen LogP contribution in [-0.2, 0) is 14.3 Å². The fourth-order valence-corrected chi connectivity index (χ4v) is 7.34. The molecular formula is C21H32O3. The minimum Gasteiger partial charge on any atom is -0.463 e. The summed E-state index contributed by atoms with van der Waals surface area (Å²) >= 11 is 0. The molecule has 4 rings (SSSR count). The second kappa shape index (κ2) is 5.57. The Morgan fingerprint density at radius 1 is 1.08 bits per heavy atom. The van der Waals surface area contributed by atoms with Crippen LogP contribution in [0.1, 0.15) is 78.6 Å². The minimum absolute atomic E-state index is 0.129. The average molecular weight is 332 g/mol. The summed E-state index contributed by atoms with van der Waals surface area (Å²) in [5.41, 5.74) is 0.683. The maximum Gasteiger partial charge on any atom is 0.302 e. The maximum absolute atomic E-state index is 12.1. The van der Waals surface area contributed by atoms with Crippen LogP contribution in [0.4, 0.5) is 0 Å². The van der Waals surface area contributed by atoms with Gasteiger partial charge in [0.2, 0.25) is 0 Å². The fourth-order valence-electron chi connectivity index (χ4n) is 7.34. The summed E-state index contributed by atoms with van der Waals surface area (Å²) in [4.78, 5) is 23.5. The Hall–Kier alpha value is -0.860. The second-order valence-electron chi connectivity index (χ2n) is 9.78. The highest BCUT2D eigenvalue weighted by Gasteiger charge is 2.59. The third-order valence-corrected chi connectivity index (χ3v) is 8.52. The molecule has 4 aliphatic rings. The van der Waals surface area contributed by atoms with Gasteiger partial charge in [-0.2, -0.15) is 0 Å². The van der Waals surface area contributed by atoms with Crippen molar-refractivity contribution in [2.24, 2.45) is 34.5 Å². The zero-order chi connectivity index (χ0) is 17.1. The van der Waals surface area contributed by atoms with Crippen LogP contribution in [0.25, 0.3) is 0 Å². The molecule has 3 heteroatoms. The molecule has 0 amide bonds. The molecule has 0 radical (unpaired) electrons. The summed E-state index contributed by atoms with van der Waals surface area (Å²) in [6.45, 7) is 6.42. The van der Waals surface area contributed by atoms with Crippen LogP contribution in [0, 0.1) is 34.5 Å². The first-order valence-corrected chi connectivity index (χ1v) is 10.0. The zero-order valence-corrected chi connectivity index (χ0v) is 15.5. The summed E-state index contributed by atoms with van der Waals surface area (Å²) in [6.07, 6.45) is 10.2. The van der Waals surface area contributed by atoms with Crippen molar-refractivity contribution < 1.29 is 14.3 Å². The fraction of sp³-hybridized carbons (Fsp3) is 0.905. The Morgan fingerprint density at radius 2 is 1.88 bits per heavy atom. The van der Waals surface area contributed by atoms with E-state index >= 15 is 0 Å². The van der Waals surface area contributed by atoms with Gasteiger partial charge in [-0.25, -0.2) is 0 Å². The van der Waals surface area contributed by atoms with Gasteiger partial charge in [0.05, 0.1) is 0 Å². The van der Waals surface area contributed by atoms with E-state index in [9.17, 15) is 9.59 Å². The molecule has 24 heavy (non-hydrogen) atoms. The molecule has 7 atom stereocenters. The van der Waals surface area contributed by atoms with Gasteiger partial charge in [-0.05, 0) is 79.4 Å². The van der Waals surface area contributed by atoms with Gasteiger partial charge in [0.15, 0.2) is 0 Å². The third-order valence-electron chi connectivity index (χ3n) is 8.52. The summed E-state index contributed by atoms with van der Waals surface area (Å²) < 4.78 is 5.54. The lowest BCUT2D eigenvalue weighted by Gasteiger charge is -2.60. The number of rotatable bonds is 1. The number of carbonyl (C=O) groups is 2. The Kier molecular flexibility index (Phi) is 3.85. The summed E-state index contributed by atoms with van der Waals surface area (Å²) in [6, 6.07) is 0. The molecule has 0 aromatic carbocycles. The van der Waals surface area contributed by atoms with Gasteiger partial charge in [0.25, 0.3) is 0 Å². The van der Waals surface area contributed by atoms with Gasteiger partial charge >= 0.3 is 5.97 Å². The topological polar surface area (TPSA) is 43.4 Å². The molecule has 0 aromatic rings. The summed E-state index contributed by atoms with van der Waals surface area (Å²) in [5.74, 6) is 3.23. The second-order valence-corrected chi connectivity index (χ2v) is 9.78. The highest BCUT2D eigenvalue weighted by molar-refractivity contribution is 5.82. The third kappa shape index (κ3) is 2.45. The van der Waals surface area contributed by atoms with Crippen molar-refractivity contribution in [3.05, 3.63) is 0 Å². The first-order valence-electron chi connectivity index (χ1n) is 10.0. The molecule has 0 aromatic heterocycles. The van der Waals surface area contributed by atoms with Crippen LogP contribution in [0.3, 0.4) is 0 Å². The van der Waals surface area contributed by atoms with E-state index in [1.807, 2.05) is 0 Å². The average Bonchev–Trinajstić information content (AvgIpc) is 2.81. The zero-order valence-electron chi connectivity index (χ0n) is 15.5. The van der Waals surface area contributed by atoms with E-state index in [2.05, 4.69) is 13.8 Å². The molecule has 4 saturated carbocycles. The molecule has 4 aliphatic carbocycles. The van der Waals surface area contributed by atoms with E-state index in [1.165, 1.54) is 39.0 Å². The van der Waals surface area contributed by atoms with Crippen molar-refractivity contribution in [1.82, 2.24) is 0 Å². The quantitative estimate of drug-likeness (QED) is 0.663. The van der Waals surface area contributed by atoms with Crippen molar-refractivity contribution >= 4 is 11.8 Å². The summed E-state index contributed by atoms with van der Waals surface area (Å²) in [7, 11) is 0. The van der Waals surface area contributed by atoms with Crippen molar-refractivity contribution in [3.8, 4) is 0 Å². The summed E-state index contributed by atoms with van der Waals surface area (Å²) in [5, 5.41) is 0. The SMILES string of the molecule is CC(=O)O[C@@H]1CC[C@@]2(C)[C@@H](CC[C@@H]3[C@H]2CC[C@]2(C)CC(=O)C[C@@H]32)C1. The lowest BCUT2D eigenvalue weighted by Crippen LogP contribution is -2.53. The number of carbonyl (C=O) groups excluding carboxylic acids is 2. The molecule has 0 heterocycles. The molecule has 3 nitrogen and oxygen atoms in total. The van der Waals surface area contributed by atoms with Gasteiger partial charge < -0.3 is 4.74 Å². The first-order chi connectivity index (χ1) is 11.3. The lowest BCUT2D eigenvalue weighted by molar-refractivity contribution is -0.159. The van der Waals surface area contributed by atoms with E-state index in [0.29, 0.717) is 23.0 Å². The number of esters is 1. The van der Waals surface area contributed by atoms with Gasteiger partial charge in [-0.3, -0.25) is 9.59 Å². The largest absolute Gasteiger partial charge is 0.463 e. The smallest absolute Gasteiger partial charge is 0.302 e. The molecule has 0 saturated heterocycles. The minimum atomic E-state index is -0.129.